The summed E-state index contributed by atoms with van der Waals surface area (Å²) in [6.45, 7) is 0. The second-order valence-electron chi connectivity index (χ2n) is 8.11. The van der Waals surface area contributed by atoms with E-state index < -0.39 is 0 Å². The molecule has 0 saturated carbocycles. The Hall–Kier alpha value is -2.34. The van der Waals surface area contributed by atoms with Gasteiger partial charge >= 0.3 is 0 Å². The average Bonchev–Trinajstić information content (AvgIpc) is 3.40. The molecular weight excluding hydrogens is 392 g/mol. The Labute approximate surface area is 184 Å². The van der Waals surface area contributed by atoms with Crippen molar-refractivity contribution in [1.29, 1.82) is 0 Å². The first-order valence-corrected chi connectivity index (χ1v) is 10.5. The summed E-state index contributed by atoms with van der Waals surface area (Å²) in [5.74, 6) is 0.968. The molecule has 148 valence electrons. The van der Waals surface area contributed by atoms with Crippen molar-refractivity contribution in [3.05, 3.63) is 130 Å². The Morgan fingerprint density at radius 2 is 0.966 bits per heavy atom. The van der Waals surface area contributed by atoms with Crippen molar-refractivity contribution in [1.82, 2.24) is 0 Å². The molecule has 0 nitrogen and oxygen atoms in total. The predicted molar refractivity (Wildman–Crippen MR) is 117 cm³/mol. The molecule has 4 aromatic rings. The summed E-state index contributed by atoms with van der Waals surface area (Å²) >= 11 is 0. The maximum atomic E-state index is 2.45. The monoisotopic (exact) mass is 418 g/mol. The van der Waals surface area contributed by atoms with E-state index in [-0.39, 0.29) is 17.1 Å². The van der Waals surface area contributed by atoms with Crippen LogP contribution in [0, 0.1) is 0 Å². The van der Waals surface area contributed by atoms with Gasteiger partial charge in [-0.1, -0.05) is 97.5 Å². The maximum Gasteiger partial charge on any atom is 0 e. The number of fused-ring (bicyclic) bond motifs is 4. The zero-order chi connectivity index (χ0) is 18.8. The number of benzene rings is 2. The van der Waals surface area contributed by atoms with Gasteiger partial charge < -0.3 is 0 Å². The van der Waals surface area contributed by atoms with E-state index in [4.69, 9.17) is 0 Å². The summed E-state index contributed by atoms with van der Waals surface area (Å²) in [6.07, 6.45) is 4.57. The third-order valence-electron chi connectivity index (χ3n) is 6.34. The van der Waals surface area contributed by atoms with Crippen LogP contribution in [-0.4, -0.2) is 0 Å². The van der Waals surface area contributed by atoms with Gasteiger partial charge in [-0.25, -0.2) is 12.1 Å². The van der Waals surface area contributed by atoms with Gasteiger partial charge in [-0.3, -0.25) is 0 Å². The van der Waals surface area contributed by atoms with Crippen LogP contribution in [0.3, 0.4) is 0 Å². The van der Waals surface area contributed by atoms with E-state index in [1.54, 1.807) is 0 Å². The average molecular weight is 418 g/mol. The molecule has 0 aliphatic heterocycles. The van der Waals surface area contributed by atoms with E-state index in [1.807, 2.05) is 0 Å². The Morgan fingerprint density at radius 1 is 0.552 bits per heavy atom. The molecule has 0 aromatic heterocycles. The molecule has 29 heavy (non-hydrogen) atoms. The molecule has 5 rings (SSSR count). The van der Waals surface area contributed by atoms with Crippen molar-refractivity contribution < 1.29 is 17.1 Å². The molecule has 4 aromatic carbocycles. The Bertz CT molecular complexity index is 937. The maximum absolute atomic E-state index is 2.45. The number of hydrogen-bond donors (Lipinski definition) is 0. The van der Waals surface area contributed by atoms with E-state index in [0.29, 0.717) is 11.8 Å². The van der Waals surface area contributed by atoms with Crippen LogP contribution in [-0.2, 0) is 29.9 Å². The zero-order valence-electron chi connectivity index (χ0n) is 16.6. The van der Waals surface area contributed by atoms with E-state index in [2.05, 4.69) is 97.1 Å². The van der Waals surface area contributed by atoms with E-state index >= 15 is 0 Å². The predicted octanol–water partition coefficient (Wildman–Crippen LogP) is 6.96. The minimum atomic E-state index is 0. The molecule has 2 atom stereocenters. The van der Waals surface area contributed by atoms with Crippen LogP contribution in [0.4, 0.5) is 0 Å². The molecule has 0 fully saturated rings. The molecule has 0 amide bonds. The summed E-state index contributed by atoms with van der Waals surface area (Å²) in [5.41, 5.74) is 8.78. The first kappa shape index (κ1) is 20.0. The van der Waals surface area contributed by atoms with Gasteiger partial charge in [0.1, 0.15) is 0 Å². The van der Waals surface area contributed by atoms with Gasteiger partial charge in [0.2, 0.25) is 0 Å². The topological polar surface area (TPSA) is 0 Å². The number of aryl methyl sites for hydroxylation is 2. The SMILES string of the molecule is [Fe].c1ccc(C2CCc3cc[c-](c3)C(c3ccccc3)CCc3cc[c-]2c3)cc1. The number of rotatable bonds is 2. The van der Waals surface area contributed by atoms with Crippen molar-refractivity contribution in [2.45, 2.75) is 37.5 Å². The van der Waals surface area contributed by atoms with Gasteiger partial charge in [-0.05, 0) is 11.8 Å². The standard InChI is InChI=1S/C28H26.Fe/c1-3-7-23(8-4-1)27-17-13-21-12-16-26(20-21)28(24-9-5-2-6-10-24)18-14-22-11-15-25(27)19-22;/h1-12,15-16,19-20,27-28H,13-14,17-18H2;/q-2;. The van der Waals surface area contributed by atoms with Crippen LogP contribution in [0.1, 0.15) is 58.1 Å². The number of hydrogen-bond acceptors (Lipinski definition) is 0. The fourth-order valence-electron chi connectivity index (χ4n) is 4.82. The minimum absolute atomic E-state index is 0. The third kappa shape index (κ3) is 4.32. The second kappa shape index (κ2) is 8.99. The van der Waals surface area contributed by atoms with E-state index in [1.165, 1.54) is 33.4 Å². The molecule has 1 aliphatic rings. The van der Waals surface area contributed by atoms with Crippen LogP contribution in [0.25, 0.3) is 0 Å². The fraction of sp³-hybridized carbons (Fsp3) is 0.214. The molecule has 1 aliphatic carbocycles. The van der Waals surface area contributed by atoms with Crippen LogP contribution in [0.15, 0.2) is 97.1 Å². The first-order valence-electron chi connectivity index (χ1n) is 10.5. The van der Waals surface area contributed by atoms with Gasteiger partial charge in [0, 0.05) is 17.1 Å². The minimum Gasteiger partial charge on any atom is -0.210 e. The molecule has 0 N–H and O–H groups in total. The Kier molecular flexibility index (Phi) is 6.19. The van der Waals surface area contributed by atoms with Gasteiger partial charge in [0.05, 0.1) is 0 Å². The van der Waals surface area contributed by atoms with Gasteiger partial charge in [-0.15, -0.1) is 11.1 Å². The van der Waals surface area contributed by atoms with Crippen LogP contribution < -0.4 is 0 Å². The summed E-state index contributed by atoms with van der Waals surface area (Å²) in [4.78, 5) is 0. The normalized spacial score (nSPS) is 18.9. The van der Waals surface area contributed by atoms with E-state index in [9.17, 15) is 0 Å². The summed E-state index contributed by atoms with van der Waals surface area (Å²) < 4.78 is 0. The van der Waals surface area contributed by atoms with Crippen LogP contribution in [0.2, 0.25) is 0 Å². The molecule has 1 heteroatoms. The van der Waals surface area contributed by atoms with Gasteiger partial charge in [0.15, 0.2) is 0 Å². The summed E-state index contributed by atoms with van der Waals surface area (Å²) in [5, 5.41) is 0. The fourth-order valence-corrected chi connectivity index (χ4v) is 4.82. The van der Waals surface area contributed by atoms with Crippen molar-refractivity contribution >= 4 is 0 Å². The second-order valence-corrected chi connectivity index (χ2v) is 8.11. The molecule has 2 unspecified atom stereocenters. The molecule has 0 heterocycles. The van der Waals surface area contributed by atoms with Gasteiger partial charge in [-0.2, -0.15) is 35.4 Å². The molecular formula is C28H26Fe-2. The van der Waals surface area contributed by atoms with Crippen molar-refractivity contribution in [3.63, 3.8) is 0 Å². The molecule has 0 radical (unpaired) electrons. The third-order valence-corrected chi connectivity index (χ3v) is 6.34. The largest absolute Gasteiger partial charge is 0.210 e. The van der Waals surface area contributed by atoms with Crippen molar-refractivity contribution in [2.24, 2.45) is 0 Å². The van der Waals surface area contributed by atoms with E-state index in [0.717, 1.165) is 25.7 Å². The quantitative estimate of drug-likeness (QED) is 0.244. The summed E-state index contributed by atoms with van der Waals surface area (Å²) in [7, 11) is 0. The Morgan fingerprint density at radius 3 is 1.38 bits per heavy atom. The van der Waals surface area contributed by atoms with Crippen LogP contribution >= 0.6 is 0 Å². The van der Waals surface area contributed by atoms with Crippen molar-refractivity contribution in [3.8, 4) is 0 Å². The molecule has 0 saturated heterocycles. The smallest absolute Gasteiger partial charge is 0 e. The zero-order valence-corrected chi connectivity index (χ0v) is 17.7. The Balaban J connectivity index is 0.00000205. The summed E-state index contributed by atoms with van der Waals surface area (Å²) in [6, 6.07) is 36.3. The molecule has 4 bridgehead atoms. The van der Waals surface area contributed by atoms with Crippen LogP contribution in [0.5, 0.6) is 0 Å². The van der Waals surface area contributed by atoms with Crippen molar-refractivity contribution in [2.75, 3.05) is 0 Å². The van der Waals surface area contributed by atoms with Gasteiger partial charge in [0.25, 0.3) is 0 Å². The molecule has 0 spiro atoms. The first-order chi connectivity index (χ1) is 13.9.